The van der Waals surface area contributed by atoms with E-state index in [0.29, 0.717) is 6.04 Å². The molecule has 0 aromatic carbocycles. The third-order valence-corrected chi connectivity index (χ3v) is 2.41. The molecule has 2 nitrogen and oxygen atoms in total. The first-order chi connectivity index (χ1) is 4.91. The van der Waals surface area contributed by atoms with Crippen LogP contribution in [0.25, 0.3) is 0 Å². The van der Waals surface area contributed by atoms with Gasteiger partial charge in [-0.15, -0.1) is 0 Å². The van der Waals surface area contributed by atoms with Crippen LogP contribution in [-0.2, 0) is 0 Å². The van der Waals surface area contributed by atoms with E-state index < -0.39 is 0 Å². The van der Waals surface area contributed by atoms with Crippen molar-refractivity contribution in [3.63, 3.8) is 0 Å². The molecular weight excluding hydrogens is 138 g/mol. The van der Waals surface area contributed by atoms with Gasteiger partial charge in [-0.3, -0.25) is 4.90 Å². The second-order valence-electron chi connectivity index (χ2n) is 4.56. The van der Waals surface area contributed by atoms with Gasteiger partial charge in [0, 0.05) is 18.1 Å². The standard InChI is InChI=1S/C9H19NO/c1-7-5-8(11)6-10(7)9(2,3)4/h7-8,11H,5-6H2,1-4H3/t7-,8?/m0/s1. The Hall–Kier alpha value is -0.0800. The first kappa shape index (κ1) is 9.01. The van der Waals surface area contributed by atoms with Crippen molar-refractivity contribution in [1.82, 2.24) is 4.90 Å². The molecule has 1 rings (SSSR count). The fraction of sp³-hybridized carbons (Fsp3) is 1.00. The van der Waals surface area contributed by atoms with Crippen LogP contribution in [0.1, 0.15) is 34.1 Å². The second kappa shape index (κ2) is 2.76. The summed E-state index contributed by atoms with van der Waals surface area (Å²) in [5.41, 5.74) is 0.205. The Bertz CT molecular complexity index is 139. The lowest BCUT2D eigenvalue weighted by atomic mass is 10.1. The minimum Gasteiger partial charge on any atom is -0.392 e. The zero-order valence-corrected chi connectivity index (χ0v) is 7.96. The maximum Gasteiger partial charge on any atom is 0.0682 e. The van der Waals surface area contributed by atoms with Crippen LogP contribution in [-0.4, -0.2) is 34.2 Å². The molecule has 66 valence electrons. The summed E-state index contributed by atoms with van der Waals surface area (Å²) >= 11 is 0. The Morgan fingerprint density at radius 3 is 2.09 bits per heavy atom. The topological polar surface area (TPSA) is 23.5 Å². The molecule has 1 saturated heterocycles. The minimum atomic E-state index is -0.107. The molecule has 0 radical (unpaired) electrons. The average Bonchev–Trinajstić information content (AvgIpc) is 2.08. The Labute approximate surface area is 69.2 Å². The van der Waals surface area contributed by atoms with E-state index in [-0.39, 0.29) is 11.6 Å². The Morgan fingerprint density at radius 2 is 1.91 bits per heavy atom. The van der Waals surface area contributed by atoms with Gasteiger partial charge >= 0.3 is 0 Å². The highest BCUT2D eigenvalue weighted by Crippen LogP contribution is 2.25. The van der Waals surface area contributed by atoms with Crippen molar-refractivity contribution < 1.29 is 5.11 Å². The van der Waals surface area contributed by atoms with Crippen LogP contribution in [0.5, 0.6) is 0 Å². The average molecular weight is 157 g/mol. The highest BCUT2D eigenvalue weighted by atomic mass is 16.3. The third kappa shape index (κ3) is 1.94. The number of likely N-dealkylation sites (tertiary alicyclic amines) is 1. The van der Waals surface area contributed by atoms with Gasteiger partial charge in [0.05, 0.1) is 6.10 Å². The Balaban J connectivity index is 2.60. The van der Waals surface area contributed by atoms with Crippen molar-refractivity contribution in [2.45, 2.75) is 51.8 Å². The Morgan fingerprint density at radius 1 is 1.36 bits per heavy atom. The first-order valence-electron chi connectivity index (χ1n) is 4.36. The fourth-order valence-electron chi connectivity index (χ4n) is 1.94. The maximum atomic E-state index is 9.39. The molecule has 0 bridgehead atoms. The second-order valence-corrected chi connectivity index (χ2v) is 4.56. The van der Waals surface area contributed by atoms with E-state index in [4.69, 9.17) is 0 Å². The van der Waals surface area contributed by atoms with E-state index in [1.165, 1.54) is 0 Å². The van der Waals surface area contributed by atoms with Crippen molar-refractivity contribution in [1.29, 1.82) is 0 Å². The summed E-state index contributed by atoms with van der Waals surface area (Å²) in [5.74, 6) is 0. The van der Waals surface area contributed by atoms with E-state index in [0.717, 1.165) is 13.0 Å². The van der Waals surface area contributed by atoms with Crippen LogP contribution in [0.15, 0.2) is 0 Å². The molecular formula is C9H19NO. The monoisotopic (exact) mass is 157 g/mol. The van der Waals surface area contributed by atoms with E-state index >= 15 is 0 Å². The lowest BCUT2D eigenvalue weighted by molar-refractivity contribution is 0.109. The SMILES string of the molecule is C[C@H]1CC(O)CN1C(C)(C)C. The van der Waals surface area contributed by atoms with Gasteiger partial charge in [0.1, 0.15) is 0 Å². The van der Waals surface area contributed by atoms with E-state index in [1.54, 1.807) is 0 Å². The van der Waals surface area contributed by atoms with Gasteiger partial charge in [-0.05, 0) is 34.1 Å². The third-order valence-electron chi connectivity index (χ3n) is 2.41. The summed E-state index contributed by atoms with van der Waals surface area (Å²) < 4.78 is 0. The molecule has 0 aromatic heterocycles. The van der Waals surface area contributed by atoms with Crippen LogP contribution in [0.3, 0.4) is 0 Å². The van der Waals surface area contributed by atoms with Crippen molar-refractivity contribution >= 4 is 0 Å². The molecule has 11 heavy (non-hydrogen) atoms. The van der Waals surface area contributed by atoms with Crippen molar-refractivity contribution in [3.8, 4) is 0 Å². The number of hydrogen-bond donors (Lipinski definition) is 1. The normalized spacial score (nSPS) is 34.6. The van der Waals surface area contributed by atoms with Crippen molar-refractivity contribution in [3.05, 3.63) is 0 Å². The zero-order valence-electron chi connectivity index (χ0n) is 7.96. The van der Waals surface area contributed by atoms with Crippen molar-refractivity contribution in [2.75, 3.05) is 6.54 Å². The summed E-state index contributed by atoms with van der Waals surface area (Å²) in [6.07, 6.45) is 0.821. The van der Waals surface area contributed by atoms with Gasteiger partial charge in [-0.1, -0.05) is 0 Å². The highest BCUT2D eigenvalue weighted by Gasteiger charge is 2.34. The van der Waals surface area contributed by atoms with Gasteiger partial charge in [-0.2, -0.15) is 0 Å². The van der Waals surface area contributed by atoms with Crippen LogP contribution < -0.4 is 0 Å². The molecule has 0 spiro atoms. The first-order valence-corrected chi connectivity index (χ1v) is 4.36. The number of aliphatic hydroxyl groups excluding tert-OH is 1. The van der Waals surface area contributed by atoms with Crippen LogP contribution in [0.4, 0.5) is 0 Å². The van der Waals surface area contributed by atoms with Gasteiger partial charge in [-0.25, -0.2) is 0 Å². The summed E-state index contributed by atoms with van der Waals surface area (Å²) in [7, 11) is 0. The van der Waals surface area contributed by atoms with Crippen LogP contribution >= 0.6 is 0 Å². The lowest BCUT2D eigenvalue weighted by Gasteiger charge is -2.35. The number of hydrogen-bond acceptors (Lipinski definition) is 2. The molecule has 1 heterocycles. The number of aliphatic hydroxyl groups is 1. The highest BCUT2D eigenvalue weighted by molar-refractivity contribution is 4.89. The van der Waals surface area contributed by atoms with Gasteiger partial charge in [0.2, 0.25) is 0 Å². The summed E-state index contributed by atoms with van der Waals surface area (Å²) in [5, 5.41) is 9.39. The molecule has 1 aliphatic heterocycles. The maximum absolute atomic E-state index is 9.39. The summed E-state index contributed by atoms with van der Waals surface area (Å²) in [6, 6.07) is 0.532. The largest absolute Gasteiger partial charge is 0.392 e. The van der Waals surface area contributed by atoms with E-state index in [1.807, 2.05) is 0 Å². The van der Waals surface area contributed by atoms with E-state index in [2.05, 4.69) is 32.6 Å². The summed E-state index contributed by atoms with van der Waals surface area (Å²) in [6.45, 7) is 9.61. The molecule has 2 heteroatoms. The molecule has 0 amide bonds. The fourth-order valence-corrected chi connectivity index (χ4v) is 1.94. The van der Waals surface area contributed by atoms with Crippen LogP contribution in [0, 0.1) is 0 Å². The molecule has 1 fully saturated rings. The molecule has 1 aliphatic rings. The summed E-state index contributed by atoms with van der Waals surface area (Å²) in [4.78, 5) is 2.36. The lowest BCUT2D eigenvalue weighted by Crippen LogP contribution is -2.43. The molecule has 1 N–H and O–H groups in total. The van der Waals surface area contributed by atoms with Gasteiger partial charge in [0.25, 0.3) is 0 Å². The smallest absolute Gasteiger partial charge is 0.0682 e. The van der Waals surface area contributed by atoms with Crippen molar-refractivity contribution in [2.24, 2.45) is 0 Å². The predicted molar refractivity (Wildman–Crippen MR) is 46.5 cm³/mol. The van der Waals surface area contributed by atoms with E-state index in [9.17, 15) is 5.11 Å². The predicted octanol–water partition coefficient (Wildman–Crippen LogP) is 1.24. The molecule has 1 unspecified atom stereocenters. The Kier molecular flexibility index (Phi) is 2.26. The number of β-amino-alcohol motifs (C(OH)–C–C–N with tert-alkyl or cyclic N) is 1. The number of rotatable bonds is 0. The van der Waals surface area contributed by atoms with Gasteiger partial charge < -0.3 is 5.11 Å². The zero-order chi connectivity index (χ0) is 8.65. The van der Waals surface area contributed by atoms with Gasteiger partial charge in [0.15, 0.2) is 0 Å². The molecule has 0 aromatic rings. The molecule has 0 aliphatic carbocycles. The minimum absolute atomic E-state index is 0.107. The quantitative estimate of drug-likeness (QED) is 0.572. The molecule has 0 saturated carbocycles. The van der Waals surface area contributed by atoms with Crippen LogP contribution in [0.2, 0.25) is 0 Å². The number of nitrogens with zero attached hydrogens (tertiary/aromatic N) is 1. The molecule has 2 atom stereocenters.